The molecule has 1 saturated heterocycles. The minimum absolute atomic E-state index is 0.307. The van der Waals surface area contributed by atoms with Gasteiger partial charge < -0.3 is 10.1 Å². The van der Waals surface area contributed by atoms with Crippen LogP contribution in [0.5, 0.6) is 5.75 Å². The van der Waals surface area contributed by atoms with Crippen molar-refractivity contribution in [3.05, 3.63) is 69.8 Å². The fourth-order valence-electron chi connectivity index (χ4n) is 4.63. The molecule has 2 aromatic rings. The topological polar surface area (TPSA) is 84.7 Å². The first kappa shape index (κ1) is 17.5. The first-order valence-electron chi connectivity index (χ1n) is 8.99. The van der Waals surface area contributed by atoms with Crippen molar-refractivity contribution >= 4 is 11.6 Å². The highest BCUT2D eigenvalue weighted by Crippen LogP contribution is 2.52. The molecule has 0 radical (unpaired) electrons. The van der Waals surface area contributed by atoms with Gasteiger partial charge in [-0.1, -0.05) is 36.4 Å². The normalized spacial score (nSPS) is 26.8. The zero-order valence-electron chi connectivity index (χ0n) is 15.2. The number of benzene rings is 2. The molecular weight excluding hydrogens is 346 g/mol. The lowest BCUT2D eigenvalue weighted by molar-refractivity contribution is -0.534. The number of likely N-dealkylation sites (N-methyl/N-ethyl adjacent to an activating group) is 1. The van der Waals surface area contributed by atoms with Gasteiger partial charge in [-0.05, 0) is 26.1 Å². The van der Waals surface area contributed by atoms with E-state index in [9.17, 15) is 14.9 Å². The average Bonchev–Trinajstić information content (AvgIpc) is 3.12. The summed E-state index contributed by atoms with van der Waals surface area (Å²) in [5.41, 5.74) is 0.738. The fourth-order valence-corrected chi connectivity index (χ4v) is 4.63. The van der Waals surface area contributed by atoms with E-state index < -0.39 is 17.5 Å². The summed E-state index contributed by atoms with van der Waals surface area (Å²) in [6, 6.07) is 13.5. The second-order valence-corrected chi connectivity index (χ2v) is 6.95. The van der Waals surface area contributed by atoms with Gasteiger partial charge in [-0.3, -0.25) is 19.8 Å². The molecule has 27 heavy (non-hydrogen) atoms. The van der Waals surface area contributed by atoms with Crippen LogP contribution in [-0.2, 0) is 10.3 Å². The second kappa shape index (κ2) is 6.35. The average molecular weight is 367 g/mol. The Labute approximate surface area is 157 Å². The van der Waals surface area contributed by atoms with Gasteiger partial charge in [0.15, 0.2) is 5.54 Å². The van der Waals surface area contributed by atoms with Gasteiger partial charge in [-0.25, -0.2) is 0 Å². The number of hydrogen-bond donors (Lipinski definition) is 1. The monoisotopic (exact) mass is 367 g/mol. The highest BCUT2D eigenvalue weighted by molar-refractivity contribution is 6.06. The third-order valence-electron chi connectivity index (χ3n) is 5.66. The maximum Gasteiger partial charge on any atom is 0.256 e. The Bertz CT molecular complexity index is 916. The van der Waals surface area contributed by atoms with Crippen molar-refractivity contribution in [2.75, 3.05) is 25.5 Å². The van der Waals surface area contributed by atoms with E-state index in [0.717, 1.165) is 5.56 Å². The summed E-state index contributed by atoms with van der Waals surface area (Å²) >= 11 is 0. The number of para-hydroxylation sites is 2. The smallest absolute Gasteiger partial charge is 0.256 e. The number of rotatable bonds is 4. The third-order valence-corrected chi connectivity index (χ3v) is 5.66. The van der Waals surface area contributed by atoms with E-state index >= 15 is 0 Å². The summed E-state index contributed by atoms with van der Waals surface area (Å²) in [5, 5.41) is 15.1. The summed E-state index contributed by atoms with van der Waals surface area (Å²) in [6.07, 6.45) is 0. The van der Waals surface area contributed by atoms with Gasteiger partial charge in [0.2, 0.25) is 0 Å². The largest absolute Gasteiger partial charge is 0.494 e. The molecular formula is C20H21N3O4. The number of carbonyl (C=O) groups is 1. The van der Waals surface area contributed by atoms with E-state index in [4.69, 9.17) is 4.74 Å². The third kappa shape index (κ3) is 2.35. The molecule has 140 valence electrons. The van der Waals surface area contributed by atoms with Crippen LogP contribution in [0.4, 0.5) is 5.69 Å². The number of nitrogens with zero attached hydrogens (tertiary/aromatic N) is 2. The summed E-state index contributed by atoms with van der Waals surface area (Å²) < 4.78 is 5.72. The minimum Gasteiger partial charge on any atom is -0.494 e. The van der Waals surface area contributed by atoms with E-state index in [-0.39, 0.29) is 10.8 Å². The SMILES string of the molecule is CCOc1ccccc1[C@@H]1CN(C)[C@]2(C(=O)Nc3ccccc32)[C@@H]1[N+](=O)[O-]. The van der Waals surface area contributed by atoms with Crippen LogP contribution in [0.15, 0.2) is 48.5 Å². The number of hydrogen-bond acceptors (Lipinski definition) is 5. The predicted molar refractivity (Wildman–Crippen MR) is 101 cm³/mol. The van der Waals surface area contributed by atoms with Crippen LogP contribution in [0.25, 0.3) is 0 Å². The van der Waals surface area contributed by atoms with E-state index in [1.165, 1.54) is 0 Å². The molecule has 0 aromatic heterocycles. The molecule has 1 spiro atoms. The van der Waals surface area contributed by atoms with E-state index in [1.807, 2.05) is 48.2 Å². The molecule has 1 fully saturated rings. The second-order valence-electron chi connectivity index (χ2n) is 6.95. The van der Waals surface area contributed by atoms with Crippen molar-refractivity contribution in [2.45, 2.75) is 24.4 Å². The van der Waals surface area contributed by atoms with Crippen molar-refractivity contribution in [1.82, 2.24) is 4.90 Å². The molecule has 1 amide bonds. The van der Waals surface area contributed by atoms with Crippen molar-refractivity contribution in [2.24, 2.45) is 0 Å². The van der Waals surface area contributed by atoms with Gasteiger partial charge in [-0.2, -0.15) is 0 Å². The fraction of sp³-hybridized carbons (Fsp3) is 0.350. The Balaban J connectivity index is 1.90. The number of ether oxygens (including phenoxy) is 1. The molecule has 2 aromatic carbocycles. The van der Waals surface area contributed by atoms with Crippen LogP contribution < -0.4 is 10.1 Å². The van der Waals surface area contributed by atoms with Gasteiger partial charge in [0.05, 0.1) is 12.5 Å². The van der Waals surface area contributed by atoms with Gasteiger partial charge in [-0.15, -0.1) is 0 Å². The molecule has 4 rings (SSSR count). The number of nitro groups is 1. The van der Waals surface area contributed by atoms with Crippen molar-refractivity contribution in [3.8, 4) is 5.75 Å². The number of nitrogens with one attached hydrogen (secondary N) is 1. The molecule has 7 heteroatoms. The van der Waals surface area contributed by atoms with Crippen LogP contribution in [0.2, 0.25) is 0 Å². The summed E-state index contributed by atoms with van der Waals surface area (Å²) in [5.74, 6) is -0.178. The first-order valence-corrected chi connectivity index (χ1v) is 8.99. The summed E-state index contributed by atoms with van der Waals surface area (Å²) in [6.45, 7) is 2.74. The molecule has 2 heterocycles. The number of carbonyl (C=O) groups excluding carboxylic acids is 1. The Morgan fingerprint density at radius 2 is 1.96 bits per heavy atom. The molecule has 0 saturated carbocycles. The Morgan fingerprint density at radius 3 is 2.70 bits per heavy atom. The molecule has 3 atom stereocenters. The Morgan fingerprint density at radius 1 is 1.26 bits per heavy atom. The van der Waals surface area contributed by atoms with Crippen LogP contribution in [0.3, 0.4) is 0 Å². The zero-order valence-corrected chi connectivity index (χ0v) is 15.2. The van der Waals surface area contributed by atoms with Crippen molar-refractivity contribution < 1.29 is 14.5 Å². The first-order chi connectivity index (χ1) is 13.0. The van der Waals surface area contributed by atoms with Crippen molar-refractivity contribution in [1.29, 1.82) is 0 Å². The molecule has 0 unspecified atom stereocenters. The van der Waals surface area contributed by atoms with Gasteiger partial charge >= 0.3 is 0 Å². The van der Waals surface area contributed by atoms with Crippen LogP contribution >= 0.6 is 0 Å². The number of anilines is 1. The van der Waals surface area contributed by atoms with E-state index in [0.29, 0.717) is 30.2 Å². The maximum atomic E-state index is 13.1. The van der Waals surface area contributed by atoms with E-state index in [1.54, 1.807) is 19.2 Å². The Kier molecular flexibility index (Phi) is 4.11. The van der Waals surface area contributed by atoms with Gasteiger partial charge in [0, 0.05) is 28.3 Å². The molecule has 2 aliphatic rings. The van der Waals surface area contributed by atoms with Crippen molar-refractivity contribution in [3.63, 3.8) is 0 Å². The lowest BCUT2D eigenvalue weighted by Gasteiger charge is -2.30. The molecule has 0 bridgehead atoms. The van der Waals surface area contributed by atoms with Gasteiger partial charge in [0.1, 0.15) is 5.75 Å². The summed E-state index contributed by atoms with van der Waals surface area (Å²) in [7, 11) is 1.78. The zero-order chi connectivity index (χ0) is 19.2. The lowest BCUT2D eigenvalue weighted by atomic mass is 9.79. The van der Waals surface area contributed by atoms with E-state index in [2.05, 4.69) is 5.32 Å². The summed E-state index contributed by atoms with van der Waals surface area (Å²) in [4.78, 5) is 26.9. The van der Waals surface area contributed by atoms with Crippen LogP contribution in [-0.4, -0.2) is 42.0 Å². The van der Waals surface area contributed by atoms with Crippen LogP contribution in [0, 0.1) is 10.1 Å². The predicted octanol–water partition coefficient (Wildman–Crippen LogP) is 2.61. The highest BCUT2D eigenvalue weighted by atomic mass is 16.6. The van der Waals surface area contributed by atoms with Crippen LogP contribution in [0.1, 0.15) is 24.0 Å². The minimum atomic E-state index is -1.33. The maximum absolute atomic E-state index is 13.1. The molecule has 0 aliphatic carbocycles. The molecule has 1 N–H and O–H groups in total. The Hall–Kier alpha value is -2.93. The lowest BCUT2D eigenvalue weighted by Crippen LogP contribution is -2.54. The highest BCUT2D eigenvalue weighted by Gasteiger charge is 2.68. The molecule has 2 aliphatic heterocycles. The van der Waals surface area contributed by atoms with Gasteiger partial charge in [0.25, 0.3) is 11.9 Å². The quantitative estimate of drug-likeness (QED) is 0.663. The number of amides is 1. The standard InChI is InChI=1S/C20H21N3O4/c1-3-27-17-11-7-4-8-13(17)14-12-22(2)20(18(14)23(25)26)15-9-5-6-10-16(15)21-19(20)24/h4-11,14,18H,3,12H2,1-2H3,(H,21,24)/t14-,18+,20-/m0/s1. The molecule has 7 nitrogen and oxygen atoms in total. The number of likely N-dealkylation sites (tertiary alicyclic amines) is 1. The number of fused-ring (bicyclic) bond motifs is 2.